The van der Waals surface area contributed by atoms with Crippen LogP contribution in [0.15, 0.2) is 4.99 Å². The molecule has 1 fully saturated rings. The van der Waals surface area contributed by atoms with E-state index in [4.69, 9.17) is 4.99 Å². The Bertz CT molecular complexity index is 575. The highest BCUT2D eigenvalue weighted by atomic mass is 127. The minimum atomic E-state index is 0. The largest absolute Gasteiger partial charge is 0.357 e. The number of guanidine groups is 1. The van der Waals surface area contributed by atoms with Crippen molar-refractivity contribution in [3.05, 3.63) is 17.0 Å². The van der Waals surface area contributed by atoms with Crippen LogP contribution in [0.5, 0.6) is 0 Å². The van der Waals surface area contributed by atoms with Gasteiger partial charge in [0.15, 0.2) is 5.96 Å². The Balaban J connectivity index is 0.00000338. The Kier molecular flexibility index (Phi) is 9.92. The van der Waals surface area contributed by atoms with Crippen molar-refractivity contribution >= 4 is 29.9 Å². The first kappa shape index (κ1) is 23.2. The van der Waals surface area contributed by atoms with Gasteiger partial charge in [-0.15, -0.1) is 24.0 Å². The van der Waals surface area contributed by atoms with Gasteiger partial charge in [0.25, 0.3) is 0 Å². The number of aromatic nitrogens is 2. The summed E-state index contributed by atoms with van der Waals surface area (Å²) in [6.07, 6.45) is 3.47. The van der Waals surface area contributed by atoms with Gasteiger partial charge in [0.1, 0.15) is 0 Å². The van der Waals surface area contributed by atoms with Crippen LogP contribution < -0.4 is 10.6 Å². The zero-order valence-corrected chi connectivity index (χ0v) is 19.6. The van der Waals surface area contributed by atoms with Gasteiger partial charge in [0.2, 0.25) is 0 Å². The van der Waals surface area contributed by atoms with Gasteiger partial charge in [-0.1, -0.05) is 0 Å². The molecule has 2 heterocycles. The number of aliphatic imine (C=N–C) groups is 1. The molecule has 0 amide bonds. The van der Waals surface area contributed by atoms with E-state index < -0.39 is 0 Å². The first-order valence-corrected chi connectivity index (χ1v) is 9.63. The molecule has 0 aliphatic carbocycles. The molecule has 26 heavy (non-hydrogen) atoms. The number of nitrogens with one attached hydrogen (secondary N) is 2. The van der Waals surface area contributed by atoms with Crippen molar-refractivity contribution in [2.24, 2.45) is 18.0 Å². The van der Waals surface area contributed by atoms with E-state index in [1.54, 1.807) is 0 Å². The summed E-state index contributed by atoms with van der Waals surface area (Å²) in [5, 5.41) is 11.5. The highest BCUT2D eigenvalue weighted by Gasteiger charge is 2.17. The van der Waals surface area contributed by atoms with E-state index >= 15 is 0 Å². The quantitative estimate of drug-likeness (QED) is 0.377. The average Bonchev–Trinajstić information content (AvgIpc) is 2.80. The van der Waals surface area contributed by atoms with Crippen LogP contribution in [-0.4, -0.2) is 59.9 Å². The second-order valence-electron chi connectivity index (χ2n) is 7.49. The van der Waals surface area contributed by atoms with Gasteiger partial charge < -0.3 is 15.5 Å². The number of hydrogen-bond donors (Lipinski definition) is 2. The third-order valence-corrected chi connectivity index (χ3v) is 5.24. The molecule has 0 aromatic carbocycles. The topological polar surface area (TPSA) is 57.5 Å². The summed E-state index contributed by atoms with van der Waals surface area (Å²) < 4.78 is 1.97. The number of rotatable bonds is 6. The van der Waals surface area contributed by atoms with Crippen LogP contribution in [0.3, 0.4) is 0 Å². The molecule has 1 aromatic rings. The van der Waals surface area contributed by atoms with E-state index in [0.29, 0.717) is 12.0 Å². The molecular weight excluding hydrogens is 439 g/mol. The maximum Gasteiger partial charge on any atom is 0.191 e. The van der Waals surface area contributed by atoms with E-state index in [-0.39, 0.29) is 24.0 Å². The van der Waals surface area contributed by atoms with Crippen LogP contribution in [0.25, 0.3) is 0 Å². The van der Waals surface area contributed by atoms with Crippen LogP contribution in [-0.2, 0) is 13.5 Å². The Morgan fingerprint density at radius 3 is 2.46 bits per heavy atom. The molecule has 1 saturated heterocycles. The zero-order chi connectivity index (χ0) is 18.4. The number of aryl methyl sites for hydroxylation is 2. The molecule has 1 aliphatic heterocycles. The zero-order valence-electron chi connectivity index (χ0n) is 17.3. The highest BCUT2D eigenvalue weighted by molar-refractivity contribution is 14.0. The summed E-state index contributed by atoms with van der Waals surface area (Å²) in [7, 11) is 4.21. The molecule has 1 aromatic heterocycles. The molecule has 2 N–H and O–H groups in total. The number of likely N-dealkylation sites (tertiary alicyclic amines) is 1. The lowest BCUT2D eigenvalue weighted by Gasteiger charge is -2.28. The number of halogens is 1. The second-order valence-corrected chi connectivity index (χ2v) is 7.49. The van der Waals surface area contributed by atoms with Crippen molar-refractivity contribution in [1.82, 2.24) is 25.3 Å². The molecule has 1 aliphatic rings. The molecule has 0 spiro atoms. The third kappa shape index (κ3) is 6.72. The van der Waals surface area contributed by atoms with Crippen LogP contribution in [0.2, 0.25) is 0 Å². The van der Waals surface area contributed by atoms with E-state index in [2.05, 4.69) is 55.4 Å². The number of piperidine rings is 1. The summed E-state index contributed by atoms with van der Waals surface area (Å²) in [5.74, 6) is 1.65. The fourth-order valence-electron chi connectivity index (χ4n) is 3.49. The lowest BCUT2D eigenvalue weighted by molar-refractivity contribution is 0.223. The number of hydrogen-bond acceptors (Lipinski definition) is 3. The fourth-order valence-corrected chi connectivity index (χ4v) is 3.49. The first-order valence-electron chi connectivity index (χ1n) is 9.63. The average molecular weight is 476 g/mol. The van der Waals surface area contributed by atoms with Gasteiger partial charge in [0.05, 0.1) is 5.69 Å². The van der Waals surface area contributed by atoms with Crippen molar-refractivity contribution in [1.29, 1.82) is 0 Å². The smallest absolute Gasteiger partial charge is 0.191 e. The number of nitrogens with zero attached hydrogens (tertiary/aromatic N) is 4. The van der Waals surface area contributed by atoms with Gasteiger partial charge in [-0.3, -0.25) is 9.67 Å². The summed E-state index contributed by atoms with van der Waals surface area (Å²) in [5.41, 5.74) is 3.72. The molecule has 150 valence electrons. The lowest BCUT2D eigenvalue weighted by atomic mass is 9.97. The molecule has 2 rings (SSSR count). The predicted molar refractivity (Wildman–Crippen MR) is 121 cm³/mol. The normalized spacial score (nSPS) is 17.7. The second kappa shape index (κ2) is 11.1. The highest BCUT2D eigenvalue weighted by Crippen LogP contribution is 2.16. The van der Waals surface area contributed by atoms with Crippen LogP contribution in [0.1, 0.15) is 43.6 Å². The van der Waals surface area contributed by atoms with E-state index in [9.17, 15) is 0 Å². The summed E-state index contributed by atoms with van der Waals surface area (Å²) >= 11 is 0. The van der Waals surface area contributed by atoms with Crippen LogP contribution in [0, 0.1) is 19.8 Å². The molecule has 0 bridgehead atoms. The summed E-state index contributed by atoms with van der Waals surface area (Å²) in [4.78, 5) is 7.26. The van der Waals surface area contributed by atoms with Gasteiger partial charge in [-0.2, -0.15) is 5.10 Å². The predicted octanol–water partition coefficient (Wildman–Crippen LogP) is 2.48. The van der Waals surface area contributed by atoms with Crippen molar-refractivity contribution in [2.75, 3.05) is 33.2 Å². The van der Waals surface area contributed by atoms with E-state index in [1.165, 1.54) is 37.2 Å². The van der Waals surface area contributed by atoms with Gasteiger partial charge in [0, 0.05) is 31.9 Å². The molecule has 6 nitrogen and oxygen atoms in total. The molecular formula is C19H37IN6. The first-order chi connectivity index (χ1) is 11.9. The summed E-state index contributed by atoms with van der Waals surface area (Å²) in [6.45, 7) is 12.8. The maximum atomic E-state index is 4.85. The monoisotopic (exact) mass is 476 g/mol. The van der Waals surface area contributed by atoms with Crippen LogP contribution >= 0.6 is 24.0 Å². The molecule has 0 radical (unpaired) electrons. The Labute approximate surface area is 176 Å². The Hall–Kier alpha value is -0.830. The van der Waals surface area contributed by atoms with Crippen molar-refractivity contribution < 1.29 is 0 Å². The minimum absolute atomic E-state index is 0. The van der Waals surface area contributed by atoms with Crippen molar-refractivity contribution in [3.63, 3.8) is 0 Å². The Morgan fingerprint density at radius 2 is 1.92 bits per heavy atom. The van der Waals surface area contributed by atoms with E-state index in [1.807, 2.05) is 11.7 Å². The maximum absolute atomic E-state index is 4.85. The van der Waals surface area contributed by atoms with Crippen molar-refractivity contribution in [3.8, 4) is 0 Å². The fraction of sp³-hybridized carbons (Fsp3) is 0.789. The minimum Gasteiger partial charge on any atom is -0.357 e. The molecule has 1 atom stereocenters. The van der Waals surface area contributed by atoms with Crippen LogP contribution in [0.4, 0.5) is 0 Å². The van der Waals surface area contributed by atoms with E-state index in [0.717, 1.165) is 31.2 Å². The molecule has 1 unspecified atom stereocenters. The SMILES string of the molecule is CCNC(=NCC1CCN(C)CC1)NC(C)Cc1c(C)nn(C)c1C.I. The van der Waals surface area contributed by atoms with Crippen molar-refractivity contribution in [2.45, 2.75) is 53.0 Å². The standard InChI is InChI=1S/C19H36N6.HI/c1-7-20-19(21-13-17-8-10-24(5)11-9-17)22-14(2)12-18-15(3)23-25(6)16(18)4;/h14,17H,7-13H2,1-6H3,(H2,20,21,22);1H. The molecule has 0 saturated carbocycles. The third-order valence-electron chi connectivity index (χ3n) is 5.24. The Morgan fingerprint density at radius 1 is 1.27 bits per heavy atom. The van der Waals surface area contributed by atoms with Gasteiger partial charge >= 0.3 is 0 Å². The summed E-state index contributed by atoms with van der Waals surface area (Å²) in [6, 6.07) is 0.317. The van der Waals surface area contributed by atoms with Gasteiger partial charge in [-0.05, 0) is 78.6 Å². The lowest BCUT2D eigenvalue weighted by Crippen LogP contribution is -2.43. The molecule has 7 heteroatoms. The van der Waals surface area contributed by atoms with Gasteiger partial charge in [-0.25, -0.2) is 0 Å².